The molecular formula is C42H24N6. The van der Waals surface area contributed by atoms with Gasteiger partial charge in [0.05, 0.1) is 34.8 Å². The molecular weight excluding hydrogens is 589 g/mol. The molecule has 0 saturated heterocycles. The van der Waals surface area contributed by atoms with E-state index < -0.39 is 0 Å². The van der Waals surface area contributed by atoms with Gasteiger partial charge in [0.15, 0.2) is 0 Å². The second-order valence-corrected chi connectivity index (χ2v) is 11.0. The van der Waals surface area contributed by atoms with Crippen LogP contribution in [0.1, 0.15) is 11.1 Å². The standard InChI is InChI=1S/C42H24N6/c1-45-39-16-7-19-48-42(39)33-13-4-10-30(22-33)38-24-36(28-8-2-11-31(20-28)40-34(26-43)14-5-17-46-40)23-37(25-38)29-9-3-12-32(21-29)41-35(27-44)15-6-18-47-41/h2-25H. The number of aromatic nitrogens is 3. The third-order valence-corrected chi connectivity index (χ3v) is 8.10. The largest absolute Gasteiger partial charge is 0.268 e. The predicted molar refractivity (Wildman–Crippen MR) is 188 cm³/mol. The molecule has 0 fully saturated rings. The van der Waals surface area contributed by atoms with E-state index in [0.717, 1.165) is 50.1 Å². The van der Waals surface area contributed by atoms with E-state index in [1.165, 1.54) is 0 Å². The molecule has 7 aromatic rings. The first-order chi connectivity index (χ1) is 23.6. The SMILES string of the molecule is [C-]#[N+]c1cccnc1-c1cccc(-c2cc(-c3cccc(-c4ncccc4C#N)c3)cc(-c3cccc(-c4ncccc4C#N)c3)c2)c1. The fourth-order valence-corrected chi connectivity index (χ4v) is 5.83. The van der Waals surface area contributed by atoms with Gasteiger partial charge in [-0.3, -0.25) is 15.0 Å². The zero-order valence-electron chi connectivity index (χ0n) is 25.5. The van der Waals surface area contributed by atoms with Crippen LogP contribution in [-0.2, 0) is 0 Å². The summed E-state index contributed by atoms with van der Waals surface area (Å²) in [6.45, 7) is 7.65. The summed E-state index contributed by atoms with van der Waals surface area (Å²) >= 11 is 0. The van der Waals surface area contributed by atoms with E-state index in [4.69, 9.17) is 6.57 Å². The van der Waals surface area contributed by atoms with Crippen LogP contribution in [0.25, 0.3) is 72.0 Å². The summed E-state index contributed by atoms with van der Waals surface area (Å²) in [6.07, 6.45) is 5.10. The Morgan fingerprint density at radius 1 is 0.417 bits per heavy atom. The molecule has 0 radical (unpaired) electrons. The van der Waals surface area contributed by atoms with Gasteiger partial charge in [-0.1, -0.05) is 66.7 Å². The maximum absolute atomic E-state index is 9.73. The van der Waals surface area contributed by atoms with Crippen molar-refractivity contribution in [1.29, 1.82) is 10.5 Å². The molecule has 0 saturated carbocycles. The van der Waals surface area contributed by atoms with Crippen molar-refractivity contribution < 1.29 is 0 Å². The minimum Gasteiger partial charge on any atom is -0.268 e. The van der Waals surface area contributed by atoms with Crippen LogP contribution in [0.15, 0.2) is 146 Å². The minimum absolute atomic E-state index is 0.496. The van der Waals surface area contributed by atoms with Gasteiger partial charge < -0.3 is 0 Å². The smallest absolute Gasteiger partial charge is 0.212 e. The van der Waals surface area contributed by atoms with Crippen LogP contribution in [0.2, 0.25) is 0 Å². The van der Waals surface area contributed by atoms with E-state index in [-0.39, 0.29) is 0 Å². The monoisotopic (exact) mass is 612 g/mol. The van der Waals surface area contributed by atoms with Crippen LogP contribution in [0.5, 0.6) is 0 Å². The van der Waals surface area contributed by atoms with E-state index in [1.54, 1.807) is 55.0 Å². The number of hydrogen-bond donors (Lipinski definition) is 0. The van der Waals surface area contributed by atoms with Crippen molar-refractivity contribution in [2.75, 3.05) is 0 Å². The molecule has 0 bridgehead atoms. The van der Waals surface area contributed by atoms with Gasteiger partial charge in [-0.05, 0) is 99.6 Å². The molecule has 0 unspecified atom stereocenters. The second kappa shape index (κ2) is 13.0. The Morgan fingerprint density at radius 3 is 1.19 bits per heavy atom. The third kappa shape index (κ3) is 5.80. The molecule has 7 rings (SSSR count). The van der Waals surface area contributed by atoms with Gasteiger partial charge in [0.2, 0.25) is 5.69 Å². The lowest BCUT2D eigenvalue weighted by Crippen LogP contribution is -1.91. The van der Waals surface area contributed by atoms with E-state index in [2.05, 4.69) is 86.5 Å². The number of benzene rings is 4. The highest BCUT2D eigenvalue weighted by atomic mass is 14.8. The maximum Gasteiger partial charge on any atom is 0.212 e. The van der Waals surface area contributed by atoms with Gasteiger partial charge in [0.1, 0.15) is 12.1 Å². The molecule has 48 heavy (non-hydrogen) atoms. The lowest BCUT2D eigenvalue weighted by atomic mass is 9.91. The van der Waals surface area contributed by atoms with Gasteiger partial charge in [-0.25, -0.2) is 4.85 Å². The lowest BCUT2D eigenvalue weighted by Gasteiger charge is -2.14. The van der Waals surface area contributed by atoms with Crippen LogP contribution in [0.3, 0.4) is 0 Å². The first-order valence-corrected chi connectivity index (χ1v) is 15.2. The van der Waals surface area contributed by atoms with Crippen molar-refractivity contribution in [3.8, 4) is 79.3 Å². The van der Waals surface area contributed by atoms with Crippen molar-refractivity contribution in [3.05, 3.63) is 169 Å². The molecule has 6 nitrogen and oxygen atoms in total. The Bertz CT molecular complexity index is 2170. The van der Waals surface area contributed by atoms with E-state index in [1.807, 2.05) is 36.4 Å². The summed E-state index contributed by atoms with van der Waals surface area (Å²) in [5.41, 5.74) is 11.8. The summed E-state index contributed by atoms with van der Waals surface area (Å²) in [5.74, 6) is 0. The number of nitrogens with zero attached hydrogens (tertiary/aromatic N) is 6. The summed E-state index contributed by atoms with van der Waals surface area (Å²) in [4.78, 5) is 17.2. The van der Waals surface area contributed by atoms with Gasteiger partial charge in [0, 0.05) is 29.7 Å². The van der Waals surface area contributed by atoms with Gasteiger partial charge >= 0.3 is 0 Å². The first-order valence-electron chi connectivity index (χ1n) is 15.2. The van der Waals surface area contributed by atoms with E-state index in [9.17, 15) is 10.5 Å². The Labute approximate surface area is 278 Å². The van der Waals surface area contributed by atoms with Crippen molar-refractivity contribution in [2.45, 2.75) is 0 Å². The molecule has 0 aliphatic carbocycles. The lowest BCUT2D eigenvalue weighted by molar-refractivity contribution is 1.30. The summed E-state index contributed by atoms with van der Waals surface area (Å²) < 4.78 is 0. The quantitative estimate of drug-likeness (QED) is 0.174. The molecule has 222 valence electrons. The van der Waals surface area contributed by atoms with Gasteiger partial charge in [-0.15, -0.1) is 0 Å². The molecule has 6 heteroatoms. The highest BCUT2D eigenvalue weighted by molar-refractivity contribution is 5.86. The molecule has 0 atom stereocenters. The maximum atomic E-state index is 9.73. The Kier molecular flexibility index (Phi) is 8.01. The highest BCUT2D eigenvalue weighted by Crippen LogP contribution is 2.37. The van der Waals surface area contributed by atoms with Crippen molar-refractivity contribution in [3.63, 3.8) is 0 Å². The second-order valence-electron chi connectivity index (χ2n) is 11.0. The molecule has 3 aromatic heterocycles. The molecule has 0 spiro atoms. The summed E-state index contributed by atoms with van der Waals surface area (Å²) in [6, 6.07) is 45.8. The molecule has 3 heterocycles. The Hall–Kier alpha value is -7.20. The van der Waals surface area contributed by atoms with Crippen LogP contribution < -0.4 is 0 Å². The van der Waals surface area contributed by atoms with E-state index in [0.29, 0.717) is 33.9 Å². The summed E-state index contributed by atoms with van der Waals surface area (Å²) in [5, 5.41) is 19.5. The number of nitriles is 2. The summed E-state index contributed by atoms with van der Waals surface area (Å²) in [7, 11) is 0. The van der Waals surface area contributed by atoms with Crippen molar-refractivity contribution in [2.24, 2.45) is 0 Å². The molecule has 0 amide bonds. The fraction of sp³-hybridized carbons (Fsp3) is 0. The van der Waals surface area contributed by atoms with Gasteiger partial charge in [-0.2, -0.15) is 10.5 Å². The minimum atomic E-state index is 0.496. The topological polar surface area (TPSA) is 90.6 Å². The molecule has 0 aliphatic heterocycles. The zero-order valence-corrected chi connectivity index (χ0v) is 25.5. The predicted octanol–water partition coefficient (Wildman–Crippen LogP) is 10.2. The average molecular weight is 613 g/mol. The molecule has 4 aromatic carbocycles. The average Bonchev–Trinajstić information content (AvgIpc) is 3.17. The van der Waals surface area contributed by atoms with Crippen molar-refractivity contribution in [1.82, 2.24) is 15.0 Å². The van der Waals surface area contributed by atoms with Crippen LogP contribution in [0.4, 0.5) is 5.69 Å². The first kappa shape index (κ1) is 29.5. The van der Waals surface area contributed by atoms with Crippen molar-refractivity contribution >= 4 is 5.69 Å². The van der Waals surface area contributed by atoms with Gasteiger partial charge in [0.25, 0.3) is 0 Å². The zero-order chi connectivity index (χ0) is 32.9. The fourth-order valence-electron chi connectivity index (χ4n) is 5.83. The number of rotatable bonds is 6. The normalized spacial score (nSPS) is 10.4. The molecule has 0 N–H and O–H groups in total. The van der Waals surface area contributed by atoms with Crippen LogP contribution in [-0.4, -0.2) is 15.0 Å². The van der Waals surface area contributed by atoms with Crippen LogP contribution in [0, 0.1) is 29.2 Å². The third-order valence-electron chi connectivity index (χ3n) is 8.10. The number of pyridine rings is 3. The number of hydrogen-bond acceptors (Lipinski definition) is 5. The highest BCUT2D eigenvalue weighted by Gasteiger charge is 2.14. The molecule has 0 aliphatic rings. The van der Waals surface area contributed by atoms with E-state index >= 15 is 0 Å². The Morgan fingerprint density at radius 2 is 0.771 bits per heavy atom. The Balaban J connectivity index is 1.41. The van der Waals surface area contributed by atoms with Crippen LogP contribution >= 0.6 is 0 Å².